The number of amides is 5. The zero-order chi connectivity index (χ0) is 36.7. The van der Waals surface area contributed by atoms with Crippen molar-refractivity contribution in [2.75, 3.05) is 20.1 Å². The van der Waals surface area contributed by atoms with Crippen molar-refractivity contribution in [3.05, 3.63) is 48.6 Å². The third kappa shape index (κ3) is 10.6. The molecule has 1 aromatic carbocycles. The van der Waals surface area contributed by atoms with E-state index in [0.717, 1.165) is 12.0 Å². The van der Waals surface area contributed by atoms with Crippen molar-refractivity contribution in [1.29, 1.82) is 0 Å². The minimum Gasteiger partial charge on any atom is -0.444 e. The van der Waals surface area contributed by atoms with E-state index in [1.54, 1.807) is 38.8 Å². The second kappa shape index (κ2) is 16.5. The second-order valence-corrected chi connectivity index (χ2v) is 15.2. The van der Waals surface area contributed by atoms with Gasteiger partial charge in [0.25, 0.3) is 5.91 Å². The summed E-state index contributed by atoms with van der Waals surface area (Å²) < 4.78 is 5.43. The molecule has 0 bridgehead atoms. The number of carbonyl (C=O) groups is 6. The molecule has 49 heavy (non-hydrogen) atoms. The van der Waals surface area contributed by atoms with Gasteiger partial charge in [0.05, 0.1) is 6.04 Å². The lowest BCUT2D eigenvalue weighted by Crippen LogP contribution is -2.60. The van der Waals surface area contributed by atoms with Crippen LogP contribution < -0.4 is 16.0 Å². The number of rotatable bonds is 15. The molecule has 0 aromatic heterocycles. The number of fused-ring (bicyclic) bond motifs is 1. The average Bonchev–Trinajstić information content (AvgIpc) is 3.56. The summed E-state index contributed by atoms with van der Waals surface area (Å²) in [5.41, 5.74) is -0.503. The summed E-state index contributed by atoms with van der Waals surface area (Å²) in [5, 5.41) is 8.03. The molecule has 12 heteroatoms. The topological polar surface area (TPSA) is 154 Å². The van der Waals surface area contributed by atoms with Crippen molar-refractivity contribution in [3.63, 3.8) is 0 Å². The maximum atomic E-state index is 14.1. The first kappa shape index (κ1) is 39.2. The molecular weight excluding hydrogens is 626 g/mol. The number of piperidine rings is 1. The van der Waals surface area contributed by atoms with Crippen molar-refractivity contribution in [2.45, 2.75) is 104 Å². The fourth-order valence-electron chi connectivity index (χ4n) is 6.58. The molecule has 12 nitrogen and oxygen atoms in total. The number of hydrogen-bond donors (Lipinski definition) is 3. The summed E-state index contributed by atoms with van der Waals surface area (Å²) in [6.07, 6.45) is 2.19. The van der Waals surface area contributed by atoms with Gasteiger partial charge in [-0.2, -0.15) is 0 Å². The number of nitrogens with zero attached hydrogens (tertiary/aromatic N) is 2. The first-order valence-electron chi connectivity index (χ1n) is 17.2. The van der Waals surface area contributed by atoms with E-state index in [0.29, 0.717) is 19.5 Å². The van der Waals surface area contributed by atoms with E-state index >= 15 is 0 Å². The molecule has 3 rings (SSSR count). The Bertz CT molecular complexity index is 1380. The molecule has 0 spiro atoms. The standard InChI is InChI=1S/C37H55N5O7/c1-10-12-18-26(30(44)33(46)38-20-19-27(43)41(9)21-23-16-14-13-15-17-23)39-32(45)29-28-24(11-2)25(28)22-42(29)34(47)31(36(3,4)5)40-35(48)49-37(6,7)8/h10,13-17,24-26,28-29,31H,1,11-12,18-22H2,2-9H3,(H,38,46)(H,39,45)(H,40,48)/t24?,25-,26?,28+,29+,31-/m1/s1. The molecular formula is C37H55N5O7. The predicted molar refractivity (Wildman–Crippen MR) is 186 cm³/mol. The van der Waals surface area contributed by atoms with Gasteiger partial charge in [-0.1, -0.05) is 70.5 Å². The molecule has 2 unspecified atom stereocenters. The van der Waals surface area contributed by atoms with E-state index in [-0.39, 0.29) is 43.0 Å². The quantitative estimate of drug-likeness (QED) is 0.189. The second-order valence-electron chi connectivity index (χ2n) is 15.2. The summed E-state index contributed by atoms with van der Waals surface area (Å²) >= 11 is 0. The molecule has 2 aliphatic rings. The minimum atomic E-state index is -1.16. The van der Waals surface area contributed by atoms with Gasteiger partial charge in [0.15, 0.2) is 0 Å². The average molecular weight is 682 g/mol. The van der Waals surface area contributed by atoms with Gasteiger partial charge >= 0.3 is 6.09 Å². The van der Waals surface area contributed by atoms with E-state index in [4.69, 9.17) is 4.74 Å². The maximum Gasteiger partial charge on any atom is 0.408 e. The van der Waals surface area contributed by atoms with Crippen LogP contribution in [0.4, 0.5) is 4.79 Å². The third-order valence-corrected chi connectivity index (χ3v) is 9.13. The van der Waals surface area contributed by atoms with Crippen LogP contribution in [0.1, 0.15) is 79.7 Å². The maximum absolute atomic E-state index is 14.1. The molecule has 1 heterocycles. The normalized spacial score (nSPS) is 21.0. The Balaban J connectivity index is 1.69. The Morgan fingerprint density at radius 1 is 1.04 bits per heavy atom. The van der Waals surface area contributed by atoms with E-state index in [1.165, 1.54) is 4.90 Å². The molecule has 0 radical (unpaired) electrons. The van der Waals surface area contributed by atoms with Gasteiger partial charge in [0.2, 0.25) is 23.5 Å². The Kier molecular flexibility index (Phi) is 13.2. The van der Waals surface area contributed by atoms with Crippen LogP contribution in [0.5, 0.6) is 0 Å². The molecule has 5 amide bonds. The van der Waals surface area contributed by atoms with E-state index in [2.05, 4.69) is 22.5 Å². The first-order valence-corrected chi connectivity index (χ1v) is 17.2. The Hall–Kier alpha value is -4.22. The van der Waals surface area contributed by atoms with Crippen LogP contribution in [-0.4, -0.2) is 89.2 Å². The Morgan fingerprint density at radius 2 is 1.69 bits per heavy atom. The summed E-state index contributed by atoms with van der Waals surface area (Å²) in [6.45, 7) is 17.1. The summed E-state index contributed by atoms with van der Waals surface area (Å²) in [4.78, 5) is 82.8. The lowest BCUT2D eigenvalue weighted by atomic mass is 9.85. The zero-order valence-electron chi connectivity index (χ0n) is 30.3. The molecule has 270 valence electrons. The molecule has 2 fully saturated rings. The number of ether oxygens (including phenoxy) is 1. The van der Waals surface area contributed by atoms with Gasteiger partial charge in [-0.3, -0.25) is 24.0 Å². The molecule has 1 saturated heterocycles. The highest BCUT2D eigenvalue weighted by Crippen LogP contribution is 2.57. The van der Waals surface area contributed by atoms with Crippen LogP contribution in [0.3, 0.4) is 0 Å². The number of allylic oxidation sites excluding steroid dienone is 1. The molecule has 6 atom stereocenters. The van der Waals surface area contributed by atoms with Gasteiger partial charge in [-0.15, -0.1) is 6.58 Å². The number of ketones is 1. The first-order chi connectivity index (χ1) is 22.9. The lowest BCUT2D eigenvalue weighted by molar-refractivity contribution is -0.145. The number of nitrogens with one attached hydrogen (secondary N) is 3. The van der Waals surface area contributed by atoms with Gasteiger partial charge in [-0.25, -0.2) is 4.79 Å². The minimum absolute atomic E-state index is 0.00106. The predicted octanol–water partition coefficient (Wildman–Crippen LogP) is 3.59. The van der Waals surface area contributed by atoms with Gasteiger partial charge < -0.3 is 30.5 Å². The number of likely N-dealkylation sites (tertiary alicyclic amines) is 1. The lowest BCUT2D eigenvalue weighted by Gasteiger charge is -2.37. The highest BCUT2D eigenvalue weighted by molar-refractivity contribution is 6.38. The number of carbonyl (C=O) groups excluding carboxylic acids is 6. The van der Waals surface area contributed by atoms with Crippen LogP contribution in [0.2, 0.25) is 0 Å². The number of benzene rings is 1. The smallest absolute Gasteiger partial charge is 0.408 e. The largest absolute Gasteiger partial charge is 0.444 e. The van der Waals surface area contributed by atoms with Crippen LogP contribution in [-0.2, 0) is 35.3 Å². The molecule has 1 saturated carbocycles. The molecule has 1 aliphatic heterocycles. The number of alkyl carbamates (subject to hydrolysis) is 1. The highest BCUT2D eigenvalue weighted by atomic mass is 16.6. The van der Waals surface area contributed by atoms with Crippen molar-refractivity contribution in [1.82, 2.24) is 25.8 Å². The third-order valence-electron chi connectivity index (χ3n) is 9.13. The highest BCUT2D eigenvalue weighted by Gasteiger charge is 2.64. The van der Waals surface area contributed by atoms with Crippen LogP contribution in [0.15, 0.2) is 43.0 Å². The van der Waals surface area contributed by atoms with E-state index in [9.17, 15) is 28.8 Å². The van der Waals surface area contributed by atoms with Crippen molar-refractivity contribution < 1.29 is 33.5 Å². The summed E-state index contributed by atoms with van der Waals surface area (Å²) in [7, 11) is 1.67. The fourth-order valence-corrected chi connectivity index (χ4v) is 6.58. The SMILES string of the molecule is C=CCCC(NC(=O)[C@@H]1[C@H]2C(CC)[C@H]2CN1C(=O)[C@@H](NC(=O)OC(C)(C)C)C(C)(C)C)C(=O)C(=O)NCCC(=O)N(C)Cc1ccccc1. The molecule has 1 aliphatic carbocycles. The fraction of sp³-hybridized carbons (Fsp3) is 0.622. The zero-order valence-corrected chi connectivity index (χ0v) is 30.3. The van der Waals surface area contributed by atoms with Crippen LogP contribution in [0.25, 0.3) is 0 Å². The van der Waals surface area contributed by atoms with Gasteiger partial charge in [-0.05, 0) is 62.3 Å². The monoisotopic (exact) mass is 681 g/mol. The van der Waals surface area contributed by atoms with Crippen LogP contribution >= 0.6 is 0 Å². The van der Waals surface area contributed by atoms with E-state index in [1.807, 2.05) is 58.0 Å². The van der Waals surface area contributed by atoms with Gasteiger partial charge in [0.1, 0.15) is 17.7 Å². The molecule has 3 N–H and O–H groups in total. The number of hydrogen-bond acceptors (Lipinski definition) is 7. The van der Waals surface area contributed by atoms with Crippen LogP contribution in [0, 0.1) is 23.2 Å². The summed E-state index contributed by atoms with van der Waals surface area (Å²) in [6, 6.07) is 6.50. The Labute approximate surface area is 290 Å². The molecule has 1 aromatic rings. The Morgan fingerprint density at radius 3 is 2.27 bits per heavy atom. The van der Waals surface area contributed by atoms with Crippen molar-refractivity contribution in [3.8, 4) is 0 Å². The summed E-state index contributed by atoms with van der Waals surface area (Å²) in [5.74, 6) is -2.60. The number of Topliss-reactive ketones (excluding diaryl/α,β-unsaturated/α-hetero) is 1. The van der Waals surface area contributed by atoms with Crippen molar-refractivity contribution in [2.24, 2.45) is 23.2 Å². The van der Waals surface area contributed by atoms with Crippen molar-refractivity contribution >= 4 is 35.5 Å². The van der Waals surface area contributed by atoms with E-state index < -0.39 is 58.7 Å². The van der Waals surface area contributed by atoms with Gasteiger partial charge in [0, 0.05) is 33.1 Å².